The molecule has 8 nitrogen and oxygen atoms in total. The molecule has 1 amide bonds. The van der Waals surface area contributed by atoms with Crippen LogP contribution in [0.5, 0.6) is 11.5 Å². The molecule has 0 bridgehead atoms. The molecule has 0 atom stereocenters. The van der Waals surface area contributed by atoms with E-state index in [1.165, 1.54) is 6.42 Å². The Morgan fingerprint density at radius 3 is 2.71 bits per heavy atom. The second kappa shape index (κ2) is 7.92. The number of rotatable bonds is 4. The molecular weight excluding hydrogens is 358 g/mol. The van der Waals surface area contributed by atoms with Gasteiger partial charge in [0.05, 0.1) is 11.8 Å². The Bertz CT molecular complexity index is 865. The predicted molar refractivity (Wildman–Crippen MR) is 108 cm³/mol. The topological polar surface area (TPSA) is 79.8 Å². The van der Waals surface area contributed by atoms with Crippen molar-refractivity contribution >= 4 is 23.4 Å². The number of hydrogen-bond acceptors (Lipinski definition) is 7. The summed E-state index contributed by atoms with van der Waals surface area (Å²) in [7, 11) is 3.80. The highest BCUT2D eigenvalue weighted by atomic mass is 16.6. The normalized spacial score (nSPS) is 15.9. The lowest BCUT2D eigenvalue weighted by Gasteiger charge is -2.28. The molecule has 0 radical (unpaired) electrons. The maximum absolute atomic E-state index is 12.9. The molecule has 0 spiro atoms. The van der Waals surface area contributed by atoms with Gasteiger partial charge in [-0.1, -0.05) is 6.07 Å². The zero-order valence-electron chi connectivity index (χ0n) is 16.3. The summed E-state index contributed by atoms with van der Waals surface area (Å²) in [6.07, 6.45) is 5.23. The number of amides is 1. The van der Waals surface area contributed by atoms with E-state index in [-0.39, 0.29) is 5.91 Å². The van der Waals surface area contributed by atoms with E-state index < -0.39 is 0 Å². The van der Waals surface area contributed by atoms with Crippen LogP contribution in [0.25, 0.3) is 0 Å². The summed E-state index contributed by atoms with van der Waals surface area (Å²) >= 11 is 0. The number of aromatic nitrogens is 2. The van der Waals surface area contributed by atoms with Crippen molar-refractivity contribution < 1.29 is 14.3 Å². The summed E-state index contributed by atoms with van der Waals surface area (Å²) in [5.41, 5.74) is 0.993. The Morgan fingerprint density at radius 2 is 1.93 bits per heavy atom. The Kier molecular flexibility index (Phi) is 5.18. The van der Waals surface area contributed by atoms with Gasteiger partial charge in [-0.15, -0.1) is 0 Å². The van der Waals surface area contributed by atoms with E-state index >= 15 is 0 Å². The lowest BCUT2D eigenvalue weighted by molar-refractivity contribution is 0.101. The molecule has 1 N–H and O–H groups in total. The third-order valence-corrected chi connectivity index (χ3v) is 4.88. The fourth-order valence-corrected chi connectivity index (χ4v) is 3.48. The zero-order valence-corrected chi connectivity index (χ0v) is 16.3. The van der Waals surface area contributed by atoms with E-state index in [1.807, 2.05) is 19.0 Å². The summed E-state index contributed by atoms with van der Waals surface area (Å²) in [4.78, 5) is 26.2. The molecule has 3 heterocycles. The zero-order chi connectivity index (χ0) is 19.5. The molecule has 0 aliphatic carbocycles. The van der Waals surface area contributed by atoms with E-state index in [0.717, 1.165) is 25.9 Å². The quantitative estimate of drug-likeness (QED) is 0.869. The maximum atomic E-state index is 12.9. The first kappa shape index (κ1) is 18.3. The number of nitrogens with zero attached hydrogens (tertiary/aromatic N) is 4. The SMILES string of the molecule is CN(C)c1nc(N2CCCCC2)ncc1NC(=O)c1cccc2c1OCCO2. The monoisotopic (exact) mass is 383 g/mol. The first-order chi connectivity index (χ1) is 13.6. The highest BCUT2D eigenvalue weighted by Crippen LogP contribution is 2.34. The van der Waals surface area contributed by atoms with E-state index in [0.29, 0.717) is 47.7 Å². The van der Waals surface area contributed by atoms with Gasteiger partial charge >= 0.3 is 0 Å². The van der Waals surface area contributed by atoms with Crippen molar-refractivity contribution in [1.82, 2.24) is 9.97 Å². The van der Waals surface area contributed by atoms with Gasteiger partial charge < -0.3 is 24.6 Å². The largest absolute Gasteiger partial charge is 0.486 e. The number of carbonyl (C=O) groups is 1. The number of anilines is 3. The van der Waals surface area contributed by atoms with Crippen LogP contribution >= 0.6 is 0 Å². The molecule has 0 unspecified atom stereocenters. The van der Waals surface area contributed by atoms with Crippen LogP contribution in [0.2, 0.25) is 0 Å². The maximum Gasteiger partial charge on any atom is 0.259 e. The van der Waals surface area contributed by atoms with Gasteiger partial charge in [-0.25, -0.2) is 4.98 Å². The van der Waals surface area contributed by atoms with Gasteiger partial charge in [0.15, 0.2) is 17.3 Å². The van der Waals surface area contributed by atoms with E-state index in [4.69, 9.17) is 14.5 Å². The molecule has 1 aromatic carbocycles. The first-order valence-corrected chi connectivity index (χ1v) is 9.63. The smallest absolute Gasteiger partial charge is 0.259 e. The molecule has 148 valence electrons. The third kappa shape index (κ3) is 3.67. The number of hydrogen-bond donors (Lipinski definition) is 1. The van der Waals surface area contributed by atoms with Gasteiger partial charge in [0.1, 0.15) is 18.9 Å². The standard InChI is InChI=1S/C20H25N5O3/c1-24(2)18-15(13-21-20(23-18)25-9-4-3-5-10-25)22-19(26)14-7-6-8-16-17(14)28-12-11-27-16/h6-8,13H,3-5,9-12H2,1-2H3,(H,22,26). The lowest BCUT2D eigenvalue weighted by Crippen LogP contribution is -2.31. The molecule has 28 heavy (non-hydrogen) atoms. The highest BCUT2D eigenvalue weighted by molar-refractivity contribution is 6.08. The van der Waals surface area contributed by atoms with E-state index in [2.05, 4.69) is 15.2 Å². The second-order valence-electron chi connectivity index (χ2n) is 7.13. The molecule has 8 heteroatoms. The number of fused-ring (bicyclic) bond motifs is 1. The minimum atomic E-state index is -0.278. The van der Waals surface area contributed by atoms with Gasteiger partial charge in [-0.05, 0) is 31.4 Å². The van der Waals surface area contributed by atoms with Crippen molar-refractivity contribution in [3.05, 3.63) is 30.0 Å². The molecule has 1 fully saturated rings. The first-order valence-electron chi connectivity index (χ1n) is 9.63. The van der Waals surface area contributed by atoms with Gasteiger partial charge in [0.2, 0.25) is 5.95 Å². The molecule has 0 saturated carbocycles. The highest BCUT2D eigenvalue weighted by Gasteiger charge is 2.22. The fraction of sp³-hybridized carbons (Fsp3) is 0.450. The van der Waals surface area contributed by atoms with Crippen molar-refractivity contribution in [2.24, 2.45) is 0 Å². The summed E-state index contributed by atoms with van der Waals surface area (Å²) in [6, 6.07) is 5.30. The lowest BCUT2D eigenvalue weighted by atomic mass is 10.1. The molecule has 2 aliphatic rings. The molecule has 2 aliphatic heterocycles. The minimum absolute atomic E-state index is 0.278. The summed E-state index contributed by atoms with van der Waals surface area (Å²) in [5, 5.41) is 2.93. The number of benzene rings is 1. The molecular formula is C20H25N5O3. The molecule has 2 aromatic rings. The Balaban J connectivity index is 1.60. The summed E-state index contributed by atoms with van der Waals surface area (Å²) < 4.78 is 11.2. The van der Waals surface area contributed by atoms with Gasteiger partial charge in [0.25, 0.3) is 5.91 Å². The van der Waals surface area contributed by atoms with Crippen LogP contribution in [0.4, 0.5) is 17.5 Å². The van der Waals surface area contributed by atoms with Crippen LogP contribution in [0, 0.1) is 0 Å². The summed E-state index contributed by atoms with van der Waals surface area (Å²) in [5.74, 6) is 2.16. The predicted octanol–water partition coefficient (Wildman–Crippen LogP) is 2.56. The minimum Gasteiger partial charge on any atom is -0.486 e. The van der Waals surface area contributed by atoms with Crippen LogP contribution in [0.1, 0.15) is 29.6 Å². The molecule has 1 aromatic heterocycles. The average Bonchev–Trinajstić information content (AvgIpc) is 2.74. The number of carbonyl (C=O) groups excluding carboxylic acids is 1. The molecule has 4 rings (SSSR count). The second-order valence-corrected chi connectivity index (χ2v) is 7.13. The van der Waals surface area contributed by atoms with Crippen molar-refractivity contribution in [2.75, 3.05) is 55.5 Å². The van der Waals surface area contributed by atoms with Gasteiger partial charge in [-0.2, -0.15) is 4.98 Å². The van der Waals surface area contributed by atoms with Crippen LogP contribution in [-0.4, -0.2) is 56.3 Å². The van der Waals surface area contributed by atoms with Gasteiger partial charge in [-0.3, -0.25) is 4.79 Å². The summed E-state index contributed by atoms with van der Waals surface area (Å²) in [6.45, 7) is 2.83. The van der Waals surface area contributed by atoms with E-state index in [1.54, 1.807) is 24.4 Å². The van der Waals surface area contributed by atoms with Crippen LogP contribution in [0.15, 0.2) is 24.4 Å². The van der Waals surface area contributed by atoms with Crippen molar-refractivity contribution in [2.45, 2.75) is 19.3 Å². The molecule has 1 saturated heterocycles. The Hall–Kier alpha value is -3.03. The number of nitrogens with one attached hydrogen (secondary N) is 1. The third-order valence-electron chi connectivity index (χ3n) is 4.88. The van der Waals surface area contributed by atoms with Crippen molar-refractivity contribution in [3.8, 4) is 11.5 Å². The van der Waals surface area contributed by atoms with Crippen LogP contribution in [-0.2, 0) is 0 Å². The van der Waals surface area contributed by atoms with Crippen molar-refractivity contribution in [3.63, 3.8) is 0 Å². The van der Waals surface area contributed by atoms with Gasteiger partial charge in [0, 0.05) is 27.2 Å². The Labute approximate surface area is 164 Å². The number of para-hydroxylation sites is 1. The van der Waals surface area contributed by atoms with Crippen molar-refractivity contribution in [1.29, 1.82) is 0 Å². The average molecular weight is 383 g/mol. The number of piperidine rings is 1. The van der Waals surface area contributed by atoms with E-state index in [9.17, 15) is 4.79 Å². The fourth-order valence-electron chi connectivity index (χ4n) is 3.48. The Morgan fingerprint density at radius 1 is 1.14 bits per heavy atom. The van der Waals surface area contributed by atoms with Crippen LogP contribution in [0.3, 0.4) is 0 Å². The van der Waals surface area contributed by atoms with Crippen LogP contribution < -0.4 is 24.6 Å². The number of ether oxygens (including phenoxy) is 2.